The van der Waals surface area contributed by atoms with Crippen molar-refractivity contribution in [2.75, 3.05) is 0 Å². The minimum Gasteiger partial charge on any atom is -0.392 e. The molecular formula is C13H12N2O2S. The van der Waals surface area contributed by atoms with Crippen molar-refractivity contribution in [3.8, 4) is 0 Å². The van der Waals surface area contributed by atoms with Gasteiger partial charge in [-0.15, -0.1) is 0 Å². The molecule has 1 unspecified atom stereocenters. The highest BCUT2D eigenvalue weighted by atomic mass is 32.1. The average Bonchev–Trinajstić information content (AvgIpc) is 3.14. The fourth-order valence-electron chi connectivity index (χ4n) is 2.44. The van der Waals surface area contributed by atoms with Gasteiger partial charge in [-0.3, -0.25) is 14.5 Å². The molecule has 1 aromatic carbocycles. The summed E-state index contributed by atoms with van der Waals surface area (Å²) in [5.74, 6) is -0.315. The van der Waals surface area contributed by atoms with Crippen molar-refractivity contribution < 1.29 is 9.59 Å². The zero-order chi connectivity index (χ0) is 12.9. The lowest BCUT2D eigenvalue weighted by Gasteiger charge is -2.24. The Morgan fingerprint density at radius 3 is 2.11 bits per heavy atom. The number of amides is 2. The minimum absolute atomic E-state index is 0.229. The molecule has 1 fully saturated rings. The van der Waals surface area contributed by atoms with Crippen molar-refractivity contribution in [1.29, 1.82) is 0 Å². The number of carbonyl (C=O) groups excluding carboxylic acids is 2. The maximum Gasteiger partial charge on any atom is 0.262 e. The first-order chi connectivity index (χ1) is 8.61. The molecule has 2 amide bonds. The summed E-state index contributed by atoms with van der Waals surface area (Å²) in [6.07, 6.45) is 1.94. The van der Waals surface area contributed by atoms with Crippen LogP contribution in [0.15, 0.2) is 24.3 Å². The first-order valence-corrected chi connectivity index (χ1v) is 6.28. The quantitative estimate of drug-likeness (QED) is 0.658. The maximum atomic E-state index is 12.3. The van der Waals surface area contributed by atoms with Crippen LogP contribution in [0.3, 0.4) is 0 Å². The molecule has 18 heavy (non-hydrogen) atoms. The summed E-state index contributed by atoms with van der Waals surface area (Å²) in [6, 6.07) is 6.41. The van der Waals surface area contributed by atoms with E-state index in [1.165, 1.54) is 4.90 Å². The summed E-state index contributed by atoms with van der Waals surface area (Å²) in [4.78, 5) is 26.0. The van der Waals surface area contributed by atoms with Crippen molar-refractivity contribution >= 4 is 29.0 Å². The third-order valence-electron chi connectivity index (χ3n) is 3.46. The van der Waals surface area contributed by atoms with Gasteiger partial charge in [-0.2, -0.15) is 0 Å². The first kappa shape index (κ1) is 11.3. The molecule has 5 heteroatoms. The van der Waals surface area contributed by atoms with Gasteiger partial charge >= 0.3 is 0 Å². The molecule has 2 aliphatic rings. The second kappa shape index (κ2) is 3.88. The second-order valence-corrected chi connectivity index (χ2v) is 5.18. The number of rotatable bonds is 3. The fourth-order valence-corrected chi connectivity index (χ4v) is 2.74. The fraction of sp³-hybridized carbons (Fsp3) is 0.308. The van der Waals surface area contributed by atoms with Gasteiger partial charge in [0.1, 0.15) is 0 Å². The van der Waals surface area contributed by atoms with E-state index in [4.69, 9.17) is 18.0 Å². The van der Waals surface area contributed by atoms with Gasteiger partial charge in [0.2, 0.25) is 0 Å². The summed E-state index contributed by atoms with van der Waals surface area (Å²) in [7, 11) is 0. The first-order valence-electron chi connectivity index (χ1n) is 5.87. The van der Waals surface area contributed by atoms with E-state index in [0.29, 0.717) is 11.1 Å². The molecule has 1 heterocycles. The Balaban J connectivity index is 2.03. The zero-order valence-electron chi connectivity index (χ0n) is 9.63. The number of benzene rings is 1. The molecule has 0 saturated heterocycles. The molecule has 1 atom stereocenters. The number of fused-ring (bicyclic) bond motifs is 1. The van der Waals surface area contributed by atoms with Crippen LogP contribution in [0.25, 0.3) is 0 Å². The van der Waals surface area contributed by atoms with E-state index in [-0.39, 0.29) is 22.7 Å². The predicted molar refractivity (Wildman–Crippen MR) is 70.2 cm³/mol. The zero-order valence-corrected chi connectivity index (χ0v) is 10.4. The van der Waals surface area contributed by atoms with Crippen molar-refractivity contribution in [1.82, 2.24) is 4.90 Å². The Morgan fingerprint density at radius 2 is 1.72 bits per heavy atom. The van der Waals surface area contributed by atoms with Crippen LogP contribution < -0.4 is 5.73 Å². The SMILES string of the molecule is NC(=S)C(C1CC1)N1C(=O)c2ccccc2C1=O. The lowest BCUT2D eigenvalue weighted by atomic mass is 10.1. The Hall–Kier alpha value is -1.75. The summed E-state index contributed by atoms with van der Waals surface area (Å²) in [6.45, 7) is 0. The Kier molecular flexibility index (Phi) is 2.45. The van der Waals surface area contributed by atoms with Crippen LogP contribution in [0.2, 0.25) is 0 Å². The van der Waals surface area contributed by atoms with Gasteiger partial charge in [0.25, 0.3) is 11.8 Å². The molecule has 0 spiro atoms. The average molecular weight is 260 g/mol. The standard InChI is InChI=1S/C13H12N2O2S/c14-11(18)10(7-5-6-7)15-12(16)8-3-1-2-4-9(8)13(15)17/h1-4,7,10H,5-6H2,(H2,14,18). The largest absolute Gasteiger partial charge is 0.392 e. The van der Waals surface area contributed by atoms with Crippen LogP contribution in [0, 0.1) is 5.92 Å². The van der Waals surface area contributed by atoms with Crippen molar-refractivity contribution in [2.45, 2.75) is 18.9 Å². The molecule has 0 radical (unpaired) electrons. The normalized spacial score (nSPS) is 19.9. The van der Waals surface area contributed by atoms with Gasteiger partial charge in [0, 0.05) is 0 Å². The van der Waals surface area contributed by atoms with Crippen LogP contribution >= 0.6 is 12.2 Å². The van der Waals surface area contributed by atoms with Gasteiger partial charge in [0.15, 0.2) is 0 Å². The molecule has 4 nitrogen and oxygen atoms in total. The number of nitrogens with two attached hydrogens (primary N) is 1. The molecule has 1 aliphatic carbocycles. The topological polar surface area (TPSA) is 63.4 Å². The molecule has 1 aliphatic heterocycles. The summed E-state index contributed by atoms with van der Waals surface area (Å²) >= 11 is 5.02. The molecule has 3 rings (SSSR count). The summed E-state index contributed by atoms with van der Waals surface area (Å²) in [5, 5.41) is 0. The lowest BCUT2D eigenvalue weighted by Crippen LogP contribution is -2.48. The van der Waals surface area contributed by atoms with Gasteiger partial charge < -0.3 is 5.73 Å². The molecule has 1 aromatic rings. The number of carbonyl (C=O) groups is 2. The van der Waals surface area contributed by atoms with E-state index in [1.807, 2.05) is 0 Å². The number of hydrogen-bond acceptors (Lipinski definition) is 3. The Bertz CT molecular complexity index is 531. The van der Waals surface area contributed by atoms with Crippen LogP contribution in [0.5, 0.6) is 0 Å². The highest BCUT2D eigenvalue weighted by Crippen LogP contribution is 2.38. The third-order valence-corrected chi connectivity index (χ3v) is 3.71. The number of thiocarbonyl (C=S) groups is 1. The van der Waals surface area contributed by atoms with E-state index >= 15 is 0 Å². The summed E-state index contributed by atoms with van der Waals surface area (Å²) in [5.41, 5.74) is 6.60. The predicted octanol–water partition coefficient (Wildman–Crippen LogP) is 1.35. The molecular weight excluding hydrogens is 248 g/mol. The highest BCUT2D eigenvalue weighted by Gasteiger charge is 2.46. The molecule has 1 saturated carbocycles. The van der Waals surface area contributed by atoms with E-state index in [1.54, 1.807) is 24.3 Å². The van der Waals surface area contributed by atoms with E-state index in [0.717, 1.165) is 12.8 Å². The van der Waals surface area contributed by atoms with Crippen molar-refractivity contribution in [3.05, 3.63) is 35.4 Å². The van der Waals surface area contributed by atoms with E-state index in [2.05, 4.69) is 0 Å². The molecule has 0 aromatic heterocycles. The number of nitrogens with zero attached hydrogens (tertiary/aromatic N) is 1. The minimum atomic E-state index is -0.424. The van der Waals surface area contributed by atoms with Gasteiger partial charge in [-0.1, -0.05) is 24.4 Å². The van der Waals surface area contributed by atoms with Crippen LogP contribution in [-0.4, -0.2) is 27.7 Å². The van der Waals surface area contributed by atoms with E-state index in [9.17, 15) is 9.59 Å². The Labute approximate surface area is 110 Å². The monoisotopic (exact) mass is 260 g/mol. The van der Waals surface area contributed by atoms with Crippen molar-refractivity contribution in [3.63, 3.8) is 0 Å². The molecule has 92 valence electrons. The Morgan fingerprint density at radius 1 is 1.22 bits per heavy atom. The number of imide groups is 1. The van der Waals surface area contributed by atoms with E-state index < -0.39 is 6.04 Å². The molecule has 0 bridgehead atoms. The lowest BCUT2D eigenvalue weighted by molar-refractivity contribution is 0.0613. The highest BCUT2D eigenvalue weighted by molar-refractivity contribution is 7.80. The van der Waals surface area contributed by atoms with Crippen LogP contribution in [0.4, 0.5) is 0 Å². The van der Waals surface area contributed by atoms with Crippen LogP contribution in [-0.2, 0) is 0 Å². The third kappa shape index (κ3) is 1.54. The summed E-state index contributed by atoms with van der Waals surface area (Å²) < 4.78 is 0. The van der Waals surface area contributed by atoms with Gasteiger partial charge in [-0.05, 0) is 30.9 Å². The van der Waals surface area contributed by atoms with Crippen LogP contribution in [0.1, 0.15) is 33.6 Å². The maximum absolute atomic E-state index is 12.3. The number of hydrogen-bond donors (Lipinski definition) is 1. The van der Waals surface area contributed by atoms with Gasteiger partial charge in [0.05, 0.1) is 22.2 Å². The van der Waals surface area contributed by atoms with Crippen molar-refractivity contribution in [2.24, 2.45) is 11.7 Å². The smallest absolute Gasteiger partial charge is 0.262 e. The molecule has 2 N–H and O–H groups in total. The second-order valence-electron chi connectivity index (χ2n) is 4.71. The van der Waals surface area contributed by atoms with Gasteiger partial charge in [-0.25, -0.2) is 0 Å².